The second-order valence-corrected chi connectivity index (χ2v) is 2.70. The van der Waals surface area contributed by atoms with Crippen molar-refractivity contribution in [3.63, 3.8) is 0 Å². The van der Waals surface area contributed by atoms with E-state index in [1.807, 2.05) is 12.1 Å². The molecule has 0 saturated heterocycles. The summed E-state index contributed by atoms with van der Waals surface area (Å²) in [5.74, 6) is 0. The van der Waals surface area contributed by atoms with Gasteiger partial charge in [0.05, 0.1) is 24.1 Å². The van der Waals surface area contributed by atoms with Gasteiger partial charge in [0.25, 0.3) is 0 Å². The van der Waals surface area contributed by atoms with Gasteiger partial charge in [-0.1, -0.05) is 12.1 Å². The molecular weight excluding hydrogens is 162 g/mol. The average molecular weight is 171 g/mol. The fraction of sp³-hybridized carbons (Fsp3) is 0.200. The maximum atomic E-state index is 8.54. The number of hydrogen-bond acceptors (Lipinski definition) is 3. The van der Waals surface area contributed by atoms with Crippen LogP contribution in [0.2, 0.25) is 0 Å². The van der Waals surface area contributed by atoms with E-state index in [0.29, 0.717) is 12.0 Å². The van der Waals surface area contributed by atoms with Crippen LogP contribution in [0.3, 0.4) is 0 Å². The van der Waals surface area contributed by atoms with Gasteiger partial charge < -0.3 is 5.73 Å². The molecule has 64 valence electrons. The SMILES string of the molecule is N#CC[C@H](N)c1ccc(C#N)cc1. The van der Waals surface area contributed by atoms with E-state index in [1.54, 1.807) is 24.3 Å². The highest BCUT2D eigenvalue weighted by Gasteiger charge is 2.03. The van der Waals surface area contributed by atoms with Crippen LogP contribution in [0.1, 0.15) is 23.6 Å². The third-order valence-electron chi connectivity index (χ3n) is 1.78. The van der Waals surface area contributed by atoms with Crippen LogP contribution in [0.15, 0.2) is 24.3 Å². The van der Waals surface area contributed by atoms with Crippen LogP contribution in [0, 0.1) is 22.7 Å². The van der Waals surface area contributed by atoms with Gasteiger partial charge in [-0.2, -0.15) is 10.5 Å². The van der Waals surface area contributed by atoms with Gasteiger partial charge in [0, 0.05) is 6.04 Å². The summed E-state index contributed by atoms with van der Waals surface area (Å²) in [6.07, 6.45) is 0.298. The zero-order valence-electron chi connectivity index (χ0n) is 7.07. The molecule has 0 amide bonds. The maximum absolute atomic E-state index is 8.54. The molecule has 0 spiro atoms. The lowest BCUT2D eigenvalue weighted by Crippen LogP contribution is -2.08. The van der Waals surface area contributed by atoms with Crippen molar-refractivity contribution in [1.29, 1.82) is 10.5 Å². The van der Waals surface area contributed by atoms with Crippen LogP contribution in [-0.4, -0.2) is 0 Å². The highest BCUT2D eigenvalue weighted by Crippen LogP contribution is 2.13. The van der Waals surface area contributed by atoms with Gasteiger partial charge >= 0.3 is 0 Å². The molecule has 0 fully saturated rings. The molecule has 0 aliphatic heterocycles. The minimum absolute atomic E-state index is 0.252. The molecule has 2 N–H and O–H groups in total. The summed E-state index contributed by atoms with van der Waals surface area (Å²) in [7, 11) is 0. The summed E-state index contributed by atoms with van der Waals surface area (Å²) in [5.41, 5.74) is 7.19. The molecule has 0 unspecified atom stereocenters. The number of nitrogens with zero attached hydrogens (tertiary/aromatic N) is 2. The van der Waals surface area contributed by atoms with Crippen molar-refractivity contribution in [2.75, 3.05) is 0 Å². The van der Waals surface area contributed by atoms with Gasteiger partial charge in [0.2, 0.25) is 0 Å². The molecule has 3 nitrogen and oxygen atoms in total. The van der Waals surface area contributed by atoms with E-state index in [9.17, 15) is 0 Å². The van der Waals surface area contributed by atoms with E-state index in [2.05, 4.69) is 0 Å². The molecule has 0 saturated carbocycles. The molecule has 0 radical (unpaired) electrons. The second-order valence-electron chi connectivity index (χ2n) is 2.70. The lowest BCUT2D eigenvalue weighted by atomic mass is 10.0. The molecule has 1 aromatic rings. The number of hydrogen-bond donors (Lipinski definition) is 1. The number of rotatable bonds is 2. The van der Waals surface area contributed by atoms with Gasteiger partial charge in [-0.15, -0.1) is 0 Å². The lowest BCUT2D eigenvalue weighted by molar-refractivity contribution is 0.748. The topological polar surface area (TPSA) is 73.6 Å². The minimum Gasteiger partial charge on any atom is -0.323 e. The highest BCUT2D eigenvalue weighted by molar-refractivity contribution is 5.32. The van der Waals surface area contributed by atoms with Crippen molar-refractivity contribution < 1.29 is 0 Å². The number of nitriles is 2. The standard InChI is InChI=1S/C10H9N3/c11-6-5-10(13)9-3-1-8(7-12)2-4-9/h1-4,10H,5,13H2/t10-/m0/s1. The Morgan fingerprint density at radius 1 is 1.23 bits per heavy atom. The first-order valence-corrected chi connectivity index (χ1v) is 3.90. The Labute approximate surface area is 77.0 Å². The highest BCUT2D eigenvalue weighted by atomic mass is 14.6. The van der Waals surface area contributed by atoms with Crippen LogP contribution in [0.5, 0.6) is 0 Å². The molecule has 0 aromatic heterocycles. The first-order valence-electron chi connectivity index (χ1n) is 3.90. The van der Waals surface area contributed by atoms with E-state index < -0.39 is 0 Å². The van der Waals surface area contributed by atoms with Crippen molar-refractivity contribution in [3.05, 3.63) is 35.4 Å². The first-order chi connectivity index (χ1) is 6.27. The van der Waals surface area contributed by atoms with Crippen LogP contribution in [-0.2, 0) is 0 Å². The third kappa shape index (κ3) is 2.30. The summed E-state index contributed by atoms with van der Waals surface area (Å²) in [6.45, 7) is 0. The van der Waals surface area contributed by atoms with Crippen molar-refractivity contribution in [1.82, 2.24) is 0 Å². The Balaban J connectivity index is 2.82. The Morgan fingerprint density at radius 2 is 1.85 bits per heavy atom. The Kier molecular flexibility index (Phi) is 3.03. The first kappa shape index (κ1) is 9.25. The van der Waals surface area contributed by atoms with Crippen LogP contribution in [0.4, 0.5) is 0 Å². The molecule has 0 heterocycles. The van der Waals surface area contributed by atoms with Gasteiger partial charge in [0.15, 0.2) is 0 Å². The zero-order chi connectivity index (χ0) is 9.68. The van der Waals surface area contributed by atoms with Crippen LogP contribution >= 0.6 is 0 Å². The molecule has 1 atom stereocenters. The molecule has 13 heavy (non-hydrogen) atoms. The largest absolute Gasteiger partial charge is 0.323 e. The molecular formula is C10H9N3. The second kappa shape index (κ2) is 4.25. The summed E-state index contributed by atoms with van der Waals surface area (Å²) < 4.78 is 0. The molecule has 1 rings (SSSR count). The molecule has 0 aliphatic carbocycles. The molecule has 3 heteroatoms. The lowest BCUT2D eigenvalue weighted by Gasteiger charge is -2.06. The van der Waals surface area contributed by atoms with E-state index in [1.165, 1.54) is 0 Å². The summed E-state index contributed by atoms with van der Waals surface area (Å²) in [4.78, 5) is 0. The maximum Gasteiger partial charge on any atom is 0.0991 e. The van der Waals surface area contributed by atoms with Gasteiger partial charge in [0.1, 0.15) is 0 Å². The quantitative estimate of drug-likeness (QED) is 0.732. The fourth-order valence-electron chi connectivity index (χ4n) is 1.02. The molecule has 1 aromatic carbocycles. The van der Waals surface area contributed by atoms with Gasteiger partial charge in [-0.05, 0) is 17.7 Å². The monoisotopic (exact) mass is 171 g/mol. The Morgan fingerprint density at radius 3 is 2.31 bits per heavy atom. The van der Waals surface area contributed by atoms with E-state index in [0.717, 1.165) is 5.56 Å². The van der Waals surface area contributed by atoms with Crippen LogP contribution in [0.25, 0.3) is 0 Å². The molecule has 0 aliphatic rings. The number of benzene rings is 1. The van der Waals surface area contributed by atoms with E-state index in [-0.39, 0.29) is 6.04 Å². The van der Waals surface area contributed by atoms with Crippen molar-refractivity contribution in [3.8, 4) is 12.1 Å². The third-order valence-corrected chi connectivity index (χ3v) is 1.78. The smallest absolute Gasteiger partial charge is 0.0991 e. The van der Waals surface area contributed by atoms with Gasteiger partial charge in [-0.3, -0.25) is 0 Å². The predicted molar refractivity (Wildman–Crippen MR) is 48.3 cm³/mol. The van der Waals surface area contributed by atoms with Crippen molar-refractivity contribution >= 4 is 0 Å². The fourth-order valence-corrected chi connectivity index (χ4v) is 1.02. The summed E-state index contributed by atoms with van der Waals surface area (Å²) >= 11 is 0. The normalized spacial score (nSPS) is 11.3. The van der Waals surface area contributed by atoms with Gasteiger partial charge in [-0.25, -0.2) is 0 Å². The van der Waals surface area contributed by atoms with Crippen molar-refractivity contribution in [2.45, 2.75) is 12.5 Å². The predicted octanol–water partition coefficient (Wildman–Crippen LogP) is 1.47. The number of nitrogens with two attached hydrogens (primary N) is 1. The zero-order valence-corrected chi connectivity index (χ0v) is 7.07. The average Bonchev–Trinajstić information content (AvgIpc) is 2.18. The summed E-state index contributed by atoms with van der Waals surface area (Å²) in [6, 6.07) is 10.7. The van der Waals surface area contributed by atoms with E-state index >= 15 is 0 Å². The Bertz CT molecular complexity index is 353. The molecule has 0 bridgehead atoms. The van der Waals surface area contributed by atoms with E-state index in [4.69, 9.17) is 16.3 Å². The minimum atomic E-state index is -0.252. The van der Waals surface area contributed by atoms with Crippen molar-refractivity contribution in [2.24, 2.45) is 5.73 Å². The Hall–Kier alpha value is -1.84. The summed E-state index contributed by atoms with van der Waals surface area (Å²) in [5, 5.41) is 17.0. The van der Waals surface area contributed by atoms with Crippen LogP contribution < -0.4 is 5.73 Å².